The molecule has 0 aliphatic rings. The second kappa shape index (κ2) is 9.15. The van der Waals surface area contributed by atoms with Gasteiger partial charge in [-0.1, -0.05) is 23.7 Å². The van der Waals surface area contributed by atoms with Crippen LogP contribution in [0.4, 0.5) is 0 Å². The fourth-order valence-corrected chi connectivity index (χ4v) is 2.54. The highest BCUT2D eigenvalue weighted by atomic mass is 35.5. The minimum Gasteiger partial charge on any atom is -0.496 e. The van der Waals surface area contributed by atoms with E-state index in [1.807, 2.05) is 12.1 Å². The van der Waals surface area contributed by atoms with E-state index in [-0.39, 0.29) is 5.91 Å². The van der Waals surface area contributed by atoms with E-state index in [0.717, 1.165) is 11.1 Å². The first-order valence-electron chi connectivity index (χ1n) is 7.96. The van der Waals surface area contributed by atoms with Gasteiger partial charge in [0.1, 0.15) is 5.75 Å². The zero-order valence-corrected chi connectivity index (χ0v) is 16.0. The van der Waals surface area contributed by atoms with E-state index in [2.05, 4.69) is 0 Å². The van der Waals surface area contributed by atoms with Gasteiger partial charge >= 0.3 is 0 Å². The van der Waals surface area contributed by atoms with Gasteiger partial charge in [-0.15, -0.1) is 0 Å². The first-order chi connectivity index (χ1) is 12.5. The van der Waals surface area contributed by atoms with Crippen LogP contribution in [0.5, 0.6) is 17.2 Å². The number of ether oxygens (including phenoxy) is 3. The van der Waals surface area contributed by atoms with E-state index in [4.69, 9.17) is 25.8 Å². The highest BCUT2D eigenvalue weighted by Gasteiger charge is 2.11. The molecule has 0 unspecified atom stereocenters. The maximum Gasteiger partial charge on any atom is 0.246 e. The van der Waals surface area contributed by atoms with Gasteiger partial charge in [0.2, 0.25) is 5.91 Å². The molecule has 0 aliphatic carbocycles. The molecule has 0 aliphatic heterocycles. The van der Waals surface area contributed by atoms with Crippen molar-refractivity contribution in [3.8, 4) is 17.2 Å². The molecule has 0 spiro atoms. The summed E-state index contributed by atoms with van der Waals surface area (Å²) in [5.74, 6) is 1.59. The summed E-state index contributed by atoms with van der Waals surface area (Å²) in [6.07, 6.45) is 3.20. The molecule has 138 valence electrons. The number of carbonyl (C=O) groups excluding carboxylic acids is 1. The van der Waals surface area contributed by atoms with Crippen molar-refractivity contribution >= 4 is 23.6 Å². The third kappa shape index (κ3) is 4.92. The van der Waals surface area contributed by atoms with Gasteiger partial charge in [-0.25, -0.2) is 0 Å². The molecule has 1 amide bonds. The Bertz CT molecular complexity index is 787. The Kier molecular flexibility index (Phi) is 6.92. The zero-order chi connectivity index (χ0) is 19.1. The number of nitrogens with zero attached hydrogens (tertiary/aromatic N) is 1. The molecule has 0 radical (unpaired) electrons. The summed E-state index contributed by atoms with van der Waals surface area (Å²) >= 11 is 5.88. The van der Waals surface area contributed by atoms with Gasteiger partial charge in [-0.2, -0.15) is 0 Å². The largest absolute Gasteiger partial charge is 0.496 e. The number of halogens is 1. The lowest BCUT2D eigenvalue weighted by Gasteiger charge is -2.15. The molecule has 0 saturated carbocycles. The van der Waals surface area contributed by atoms with E-state index in [0.29, 0.717) is 28.8 Å². The van der Waals surface area contributed by atoms with Crippen LogP contribution in [-0.4, -0.2) is 39.2 Å². The van der Waals surface area contributed by atoms with Crippen molar-refractivity contribution in [2.45, 2.75) is 6.54 Å². The van der Waals surface area contributed by atoms with Crippen molar-refractivity contribution in [3.63, 3.8) is 0 Å². The highest BCUT2D eigenvalue weighted by Crippen LogP contribution is 2.35. The van der Waals surface area contributed by atoms with Gasteiger partial charge in [0.25, 0.3) is 0 Å². The average molecular weight is 376 g/mol. The second-order valence-electron chi connectivity index (χ2n) is 5.60. The summed E-state index contributed by atoms with van der Waals surface area (Å²) in [6, 6.07) is 10.9. The lowest BCUT2D eigenvalue weighted by molar-refractivity contribution is -0.125. The Labute approximate surface area is 158 Å². The van der Waals surface area contributed by atoms with Crippen LogP contribution >= 0.6 is 11.6 Å². The SMILES string of the molecule is COc1cc(OC)c(OC)cc1/C=C/C(=O)N(C)Cc1ccc(Cl)cc1. The number of carbonyl (C=O) groups is 1. The first kappa shape index (κ1) is 19.7. The molecule has 0 N–H and O–H groups in total. The topological polar surface area (TPSA) is 48.0 Å². The average Bonchev–Trinajstić information content (AvgIpc) is 2.66. The van der Waals surface area contributed by atoms with Crippen molar-refractivity contribution in [2.75, 3.05) is 28.4 Å². The van der Waals surface area contributed by atoms with Gasteiger partial charge < -0.3 is 19.1 Å². The Balaban J connectivity index is 2.14. The molecule has 0 saturated heterocycles. The second-order valence-corrected chi connectivity index (χ2v) is 6.04. The molecule has 0 bridgehead atoms. The summed E-state index contributed by atoms with van der Waals surface area (Å²) in [5.41, 5.74) is 1.72. The van der Waals surface area contributed by atoms with E-state index < -0.39 is 0 Å². The number of likely N-dealkylation sites (N-methyl/N-ethyl adjacent to an activating group) is 1. The van der Waals surface area contributed by atoms with E-state index >= 15 is 0 Å². The Morgan fingerprint density at radius 1 is 1.00 bits per heavy atom. The van der Waals surface area contributed by atoms with Gasteiger partial charge in [0.05, 0.1) is 21.3 Å². The summed E-state index contributed by atoms with van der Waals surface area (Å²) in [4.78, 5) is 14.0. The van der Waals surface area contributed by atoms with Gasteiger partial charge in [-0.05, 0) is 29.8 Å². The third-order valence-electron chi connectivity index (χ3n) is 3.85. The molecule has 2 aromatic rings. The summed E-state index contributed by atoms with van der Waals surface area (Å²) in [6.45, 7) is 0.489. The Hall–Kier alpha value is -2.66. The van der Waals surface area contributed by atoms with Crippen LogP contribution < -0.4 is 14.2 Å². The highest BCUT2D eigenvalue weighted by molar-refractivity contribution is 6.30. The van der Waals surface area contributed by atoms with E-state index in [9.17, 15) is 4.79 Å². The van der Waals surface area contributed by atoms with Crippen LogP contribution in [0, 0.1) is 0 Å². The molecule has 2 rings (SSSR count). The number of hydrogen-bond acceptors (Lipinski definition) is 4. The minimum absolute atomic E-state index is 0.128. The molecule has 26 heavy (non-hydrogen) atoms. The third-order valence-corrected chi connectivity index (χ3v) is 4.10. The van der Waals surface area contributed by atoms with Crippen molar-refractivity contribution in [1.82, 2.24) is 4.90 Å². The quantitative estimate of drug-likeness (QED) is 0.685. The van der Waals surface area contributed by atoms with Crippen molar-refractivity contribution in [2.24, 2.45) is 0 Å². The molecular weight excluding hydrogens is 354 g/mol. The zero-order valence-electron chi connectivity index (χ0n) is 15.3. The normalized spacial score (nSPS) is 10.7. The first-order valence-corrected chi connectivity index (χ1v) is 8.34. The van der Waals surface area contributed by atoms with E-state index in [1.54, 1.807) is 63.6 Å². The molecule has 0 heterocycles. The molecule has 0 aromatic heterocycles. The van der Waals surface area contributed by atoms with Gasteiger partial charge in [0.15, 0.2) is 11.5 Å². The van der Waals surface area contributed by atoms with Crippen LogP contribution in [0.2, 0.25) is 5.02 Å². The molecule has 6 heteroatoms. The van der Waals surface area contributed by atoms with Crippen molar-refractivity contribution in [3.05, 3.63) is 58.6 Å². The van der Waals surface area contributed by atoms with Crippen molar-refractivity contribution in [1.29, 1.82) is 0 Å². The maximum atomic E-state index is 12.4. The van der Waals surface area contributed by atoms with Crippen LogP contribution in [-0.2, 0) is 11.3 Å². The van der Waals surface area contributed by atoms with Crippen LogP contribution in [0.25, 0.3) is 6.08 Å². The minimum atomic E-state index is -0.128. The van der Waals surface area contributed by atoms with Crippen LogP contribution in [0.15, 0.2) is 42.5 Å². The van der Waals surface area contributed by atoms with Gasteiger partial charge in [0, 0.05) is 36.3 Å². The summed E-state index contributed by atoms with van der Waals surface area (Å²) < 4.78 is 15.9. The molecule has 2 aromatic carbocycles. The number of rotatable bonds is 7. The van der Waals surface area contributed by atoms with E-state index in [1.165, 1.54) is 6.08 Å². The standard InChI is InChI=1S/C20H22ClNO4/c1-22(13-14-5-8-16(21)9-6-14)20(23)10-7-15-11-18(25-3)19(26-4)12-17(15)24-2/h5-12H,13H2,1-4H3/b10-7+. The molecule has 0 atom stereocenters. The lowest BCUT2D eigenvalue weighted by Crippen LogP contribution is -2.24. The number of hydrogen-bond donors (Lipinski definition) is 0. The van der Waals surface area contributed by atoms with Gasteiger partial charge in [-0.3, -0.25) is 4.79 Å². The van der Waals surface area contributed by atoms with Crippen LogP contribution in [0.1, 0.15) is 11.1 Å². The predicted octanol–water partition coefficient (Wildman–Crippen LogP) is 4.04. The fraction of sp³-hybridized carbons (Fsp3) is 0.250. The Morgan fingerprint density at radius 3 is 2.15 bits per heavy atom. The maximum absolute atomic E-state index is 12.4. The monoisotopic (exact) mass is 375 g/mol. The fourth-order valence-electron chi connectivity index (χ4n) is 2.41. The number of benzene rings is 2. The molecule has 0 fully saturated rings. The number of methoxy groups -OCH3 is 3. The summed E-state index contributed by atoms with van der Waals surface area (Å²) in [7, 11) is 6.42. The molecular formula is C20H22ClNO4. The molecule has 5 nitrogen and oxygen atoms in total. The lowest BCUT2D eigenvalue weighted by atomic mass is 10.1. The Morgan fingerprint density at radius 2 is 1.58 bits per heavy atom. The number of amides is 1. The van der Waals surface area contributed by atoms with Crippen molar-refractivity contribution < 1.29 is 19.0 Å². The van der Waals surface area contributed by atoms with Crippen LogP contribution in [0.3, 0.4) is 0 Å². The predicted molar refractivity (Wildman–Crippen MR) is 103 cm³/mol. The smallest absolute Gasteiger partial charge is 0.246 e. The summed E-state index contributed by atoms with van der Waals surface area (Å²) in [5, 5.41) is 0.670.